The van der Waals surface area contributed by atoms with Crippen LogP contribution in [0.3, 0.4) is 0 Å². The van der Waals surface area contributed by atoms with Crippen molar-refractivity contribution in [2.75, 3.05) is 0 Å². The van der Waals surface area contributed by atoms with E-state index >= 15 is 0 Å². The van der Waals surface area contributed by atoms with Crippen molar-refractivity contribution in [2.45, 2.75) is 12.3 Å². The van der Waals surface area contributed by atoms with Gasteiger partial charge in [-0.25, -0.2) is 15.0 Å². The Morgan fingerprint density at radius 1 is 0.480 bits per heavy atom. The lowest BCUT2D eigenvalue weighted by Crippen LogP contribution is -2.05. The fourth-order valence-electron chi connectivity index (χ4n) is 7.28. The first-order chi connectivity index (χ1) is 24.8. The quantitative estimate of drug-likeness (QED) is 0.187. The van der Waals surface area contributed by atoms with Gasteiger partial charge in [0.1, 0.15) is 22.3 Å². The fourth-order valence-corrected chi connectivity index (χ4v) is 7.28. The van der Waals surface area contributed by atoms with Crippen LogP contribution in [0.15, 0.2) is 167 Å². The third kappa shape index (κ3) is 4.74. The molecule has 6 aromatic carbocycles. The first-order valence-electron chi connectivity index (χ1n) is 16.9. The molecule has 1 aliphatic rings. The molecule has 5 heteroatoms. The third-order valence-corrected chi connectivity index (χ3v) is 9.69. The summed E-state index contributed by atoms with van der Waals surface area (Å²) in [5.41, 5.74) is 9.43. The van der Waals surface area contributed by atoms with Gasteiger partial charge in [-0.15, -0.1) is 0 Å². The van der Waals surface area contributed by atoms with Gasteiger partial charge in [0.25, 0.3) is 0 Å². The predicted molar refractivity (Wildman–Crippen MR) is 202 cm³/mol. The molecule has 3 heterocycles. The third-order valence-electron chi connectivity index (χ3n) is 9.69. The molecule has 5 nitrogen and oxygen atoms in total. The Labute approximate surface area is 287 Å². The van der Waals surface area contributed by atoms with E-state index in [1.807, 2.05) is 72.8 Å². The normalized spacial score (nSPS) is 14.6. The van der Waals surface area contributed by atoms with Crippen LogP contribution < -0.4 is 0 Å². The molecule has 1 atom stereocenters. The van der Waals surface area contributed by atoms with Crippen molar-refractivity contribution < 1.29 is 8.83 Å². The van der Waals surface area contributed by atoms with Gasteiger partial charge in [-0.1, -0.05) is 127 Å². The molecule has 0 fully saturated rings. The van der Waals surface area contributed by atoms with Crippen LogP contribution in [0.1, 0.15) is 23.7 Å². The number of nitrogens with zero attached hydrogens (tertiary/aromatic N) is 3. The molecular formula is C45H29N3O2. The Hall–Kier alpha value is -6.59. The highest BCUT2D eigenvalue weighted by Gasteiger charge is 2.22. The summed E-state index contributed by atoms with van der Waals surface area (Å²) in [4.78, 5) is 15.4. The summed E-state index contributed by atoms with van der Waals surface area (Å²) in [7, 11) is 0. The zero-order chi connectivity index (χ0) is 33.0. The van der Waals surface area contributed by atoms with Gasteiger partial charge < -0.3 is 8.83 Å². The van der Waals surface area contributed by atoms with Gasteiger partial charge in [0, 0.05) is 44.2 Å². The van der Waals surface area contributed by atoms with E-state index in [0.29, 0.717) is 23.4 Å². The molecule has 3 aromatic heterocycles. The summed E-state index contributed by atoms with van der Waals surface area (Å²) in [5.74, 6) is 2.17. The molecule has 0 radical (unpaired) electrons. The second kappa shape index (κ2) is 11.5. The second-order valence-corrected chi connectivity index (χ2v) is 12.7. The lowest BCUT2D eigenvalue weighted by Gasteiger charge is -2.17. The topological polar surface area (TPSA) is 65.0 Å². The molecule has 236 valence electrons. The highest BCUT2D eigenvalue weighted by atomic mass is 16.3. The van der Waals surface area contributed by atoms with Crippen LogP contribution >= 0.6 is 0 Å². The molecule has 0 bridgehead atoms. The zero-order valence-electron chi connectivity index (χ0n) is 27.0. The van der Waals surface area contributed by atoms with E-state index in [9.17, 15) is 0 Å². The van der Waals surface area contributed by atoms with Crippen molar-refractivity contribution in [3.05, 3.63) is 169 Å². The van der Waals surface area contributed by atoms with Crippen molar-refractivity contribution in [1.29, 1.82) is 0 Å². The minimum absolute atomic E-state index is 0.310. The van der Waals surface area contributed by atoms with E-state index in [2.05, 4.69) is 85.0 Å². The van der Waals surface area contributed by atoms with Crippen molar-refractivity contribution in [1.82, 2.24) is 15.0 Å². The largest absolute Gasteiger partial charge is 0.456 e. The average molecular weight is 644 g/mol. The molecule has 0 aliphatic heterocycles. The number of furan rings is 2. The molecule has 1 unspecified atom stereocenters. The van der Waals surface area contributed by atoms with Gasteiger partial charge in [0.05, 0.1) is 0 Å². The molecule has 10 rings (SSSR count). The highest BCUT2D eigenvalue weighted by Crippen LogP contribution is 2.43. The van der Waals surface area contributed by atoms with Gasteiger partial charge in [0.2, 0.25) is 0 Å². The number of allylic oxidation sites excluding steroid dienone is 4. The van der Waals surface area contributed by atoms with Gasteiger partial charge in [-0.2, -0.15) is 0 Å². The highest BCUT2D eigenvalue weighted by molar-refractivity contribution is 6.16. The number of hydrogen-bond donors (Lipinski definition) is 0. The Bertz CT molecular complexity index is 2790. The number of benzene rings is 6. The van der Waals surface area contributed by atoms with Crippen LogP contribution in [-0.2, 0) is 0 Å². The van der Waals surface area contributed by atoms with Crippen LogP contribution in [0.5, 0.6) is 0 Å². The molecule has 0 N–H and O–H groups in total. The molecule has 50 heavy (non-hydrogen) atoms. The maximum atomic E-state index is 6.56. The molecular weight excluding hydrogens is 615 g/mol. The molecule has 0 spiro atoms. The monoisotopic (exact) mass is 643 g/mol. The first-order valence-corrected chi connectivity index (χ1v) is 16.9. The SMILES string of the molecule is C1=CC(c2ccccc2)CC=C1c1nc(-c2ccccc2)nc(-c2cc(-c3cccc4oc5ccccc5c34)cc3oc4ccccc4c23)n1. The molecule has 1 aliphatic carbocycles. The van der Waals surface area contributed by atoms with E-state index in [-0.39, 0.29) is 0 Å². The van der Waals surface area contributed by atoms with E-state index in [1.54, 1.807) is 0 Å². The van der Waals surface area contributed by atoms with Crippen LogP contribution in [-0.4, -0.2) is 15.0 Å². The Kier molecular flexibility index (Phi) is 6.56. The van der Waals surface area contributed by atoms with Crippen molar-refractivity contribution in [3.63, 3.8) is 0 Å². The van der Waals surface area contributed by atoms with Gasteiger partial charge in [-0.05, 0) is 53.4 Å². The van der Waals surface area contributed by atoms with Gasteiger partial charge in [-0.3, -0.25) is 0 Å². The average Bonchev–Trinajstić information content (AvgIpc) is 3.77. The predicted octanol–water partition coefficient (Wildman–Crippen LogP) is 11.8. The Morgan fingerprint density at radius 3 is 1.84 bits per heavy atom. The van der Waals surface area contributed by atoms with E-state index in [4.69, 9.17) is 23.8 Å². The summed E-state index contributed by atoms with van der Waals surface area (Å²) >= 11 is 0. The minimum Gasteiger partial charge on any atom is -0.456 e. The molecule has 0 amide bonds. The first kappa shape index (κ1) is 28.4. The smallest absolute Gasteiger partial charge is 0.164 e. The van der Waals surface area contributed by atoms with E-state index in [0.717, 1.165) is 78.1 Å². The Morgan fingerprint density at radius 2 is 1.10 bits per heavy atom. The lowest BCUT2D eigenvalue weighted by atomic mass is 9.90. The van der Waals surface area contributed by atoms with Crippen LogP contribution in [0.2, 0.25) is 0 Å². The second-order valence-electron chi connectivity index (χ2n) is 12.7. The summed E-state index contributed by atoms with van der Waals surface area (Å²) in [5, 5.41) is 4.13. The van der Waals surface area contributed by atoms with Crippen LogP contribution in [0.25, 0.3) is 83.4 Å². The standard InChI is InChI=1S/C45H29N3O2/c1-3-12-28(13-4-1)29-22-24-31(25-23-29)44-46-43(30-14-5-2-6-15-30)47-45(48-44)36-26-32(27-40-42(36)35-17-8-10-20-38(35)50-40)33-18-11-21-39-41(33)34-16-7-9-19-37(34)49-39/h1-22,24-27,29H,23H2. The lowest BCUT2D eigenvalue weighted by molar-refractivity contribution is 0.668. The number of aromatic nitrogens is 3. The number of fused-ring (bicyclic) bond motifs is 6. The molecule has 0 saturated carbocycles. The summed E-state index contributed by atoms with van der Waals surface area (Å²) in [6, 6.07) is 47.6. The maximum Gasteiger partial charge on any atom is 0.164 e. The van der Waals surface area contributed by atoms with Crippen LogP contribution in [0.4, 0.5) is 0 Å². The summed E-state index contributed by atoms with van der Waals surface area (Å²) in [6.45, 7) is 0. The van der Waals surface area contributed by atoms with Gasteiger partial charge >= 0.3 is 0 Å². The summed E-state index contributed by atoms with van der Waals surface area (Å²) in [6.07, 6.45) is 7.52. The van der Waals surface area contributed by atoms with E-state index in [1.165, 1.54) is 5.56 Å². The zero-order valence-corrected chi connectivity index (χ0v) is 27.0. The summed E-state index contributed by atoms with van der Waals surface area (Å²) < 4.78 is 12.8. The molecule has 9 aromatic rings. The van der Waals surface area contributed by atoms with Crippen molar-refractivity contribution in [3.8, 4) is 33.9 Å². The number of para-hydroxylation sites is 2. The molecule has 0 saturated heterocycles. The number of rotatable bonds is 5. The van der Waals surface area contributed by atoms with Crippen molar-refractivity contribution >= 4 is 49.5 Å². The fraction of sp³-hybridized carbons (Fsp3) is 0.0444. The Balaban J connectivity index is 1.21. The maximum absolute atomic E-state index is 6.56. The number of hydrogen-bond acceptors (Lipinski definition) is 5. The minimum atomic E-state index is 0.310. The van der Waals surface area contributed by atoms with Gasteiger partial charge in [0.15, 0.2) is 17.5 Å². The van der Waals surface area contributed by atoms with Crippen LogP contribution in [0, 0.1) is 0 Å². The van der Waals surface area contributed by atoms with E-state index < -0.39 is 0 Å². The van der Waals surface area contributed by atoms with Crippen molar-refractivity contribution in [2.24, 2.45) is 0 Å².